The second-order valence-corrected chi connectivity index (χ2v) is 9.07. The van der Waals surface area contributed by atoms with E-state index >= 15 is 0 Å². The zero-order chi connectivity index (χ0) is 24.9. The number of hydrogen-bond acceptors (Lipinski definition) is 4. The Morgan fingerprint density at radius 1 is 1.00 bits per heavy atom. The molecule has 0 bridgehead atoms. The Labute approximate surface area is 215 Å². The largest absolute Gasteiger partial charge is 0.326 e. The van der Waals surface area contributed by atoms with Crippen molar-refractivity contribution in [3.63, 3.8) is 0 Å². The first-order valence-corrected chi connectivity index (χ1v) is 11.8. The lowest BCUT2D eigenvalue weighted by Gasteiger charge is -2.24. The van der Waals surface area contributed by atoms with Gasteiger partial charge in [-0.25, -0.2) is 9.40 Å². The maximum Gasteiger partial charge on any atom is 0.269 e. The molecule has 1 unspecified atom stereocenters. The van der Waals surface area contributed by atoms with E-state index in [-0.39, 0.29) is 23.6 Å². The van der Waals surface area contributed by atoms with Gasteiger partial charge in [0.2, 0.25) is 5.91 Å². The number of hydrazine groups is 1. The second-order valence-electron chi connectivity index (χ2n) is 7.79. The Morgan fingerprint density at radius 3 is 2.40 bits per heavy atom. The average Bonchev–Trinajstić information content (AvgIpc) is 3.05. The molecule has 1 atom stereocenters. The molecule has 7 nitrogen and oxygen atoms in total. The molecular weight excluding hydrogens is 535 g/mol. The number of nitrogens with one attached hydrogen (secondary N) is 2. The van der Waals surface area contributed by atoms with Gasteiger partial charge in [-0.2, -0.15) is 0 Å². The van der Waals surface area contributed by atoms with Crippen LogP contribution in [0.4, 0.5) is 10.1 Å². The number of halogens is 2. The monoisotopic (exact) mass is 554 g/mol. The van der Waals surface area contributed by atoms with Crippen LogP contribution in [0.25, 0.3) is 0 Å². The molecule has 3 aromatic rings. The lowest BCUT2D eigenvalue weighted by Crippen LogP contribution is -2.49. The number of hydrogen-bond donors (Lipinski definition) is 2. The topological polar surface area (TPSA) is 81.8 Å². The minimum absolute atomic E-state index is 0.0463. The van der Waals surface area contributed by atoms with Gasteiger partial charge in [0.1, 0.15) is 11.9 Å². The van der Waals surface area contributed by atoms with Gasteiger partial charge in [0.25, 0.3) is 11.8 Å². The standard InChI is InChI=1S/C25H20BrFN4O3S/c26-18-9-11-20(12-10-18)28-22(32)14-21-24(34)30(15-16-5-2-1-3-6-16)25(35)31(21)29-23(33)17-7-4-8-19(27)13-17/h1-13,21H,14-15H2,(H,28,32)(H,29,33). The molecular formula is C25H20BrFN4O3S. The summed E-state index contributed by atoms with van der Waals surface area (Å²) in [6.07, 6.45) is -0.260. The van der Waals surface area contributed by atoms with Crippen LogP contribution >= 0.6 is 28.1 Å². The maximum absolute atomic E-state index is 13.6. The Kier molecular flexibility index (Phi) is 7.52. The number of carbonyl (C=O) groups excluding carboxylic acids is 3. The van der Waals surface area contributed by atoms with Crippen molar-refractivity contribution in [1.29, 1.82) is 0 Å². The quantitative estimate of drug-likeness (QED) is 0.426. The molecule has 1 saturated heterocycles. The van der Waals surface area contributed by atoms with Gasteiger partial charge in [-0.15, -0.1) is 0 Å². The smallest absolute Gasteiger partial charge is 0.269 e. The normalized spacial score (nSPS) is 15.3. The van der Waals surface area contributed by atoms with Crippen LogP contribution in [0.5, 0.6) is 0 Å². The van der Waals surface area contributed by atoms with Crippen LogP contribution in [0.3, 0.4) is 0 Å². The van der Waals surface area contributed by atoms with Gasteiger partial charge in [0.15, 0.2) is 5.11 Å². The van der Waals surface area contributed by atoms with Gasteiger partial charge in [0, 0.05) is 15.7 Å². The van der Waals surface area contributed by atoms with E-state index in [9.17, 15) is 18.8 Å². The predicted octanol–water partition coefficient (Wildman–Crippen LogP) is 4.26. The first-order chi connectivity index (χ1) is 16.8. The number of nitrogens with zero attached hydrogens (tertiary/aromatic N) is 2. The van der Waals surface area contributed by atoms with Crippen molar-refractivity contribution in [1.82, 2.24) is 15.3 Å². The van der Waals surface area contributed by atoms with Crippen molar-refractivity contribution in [2.24, 2.45) is 0 Å². The predicted molar refractivity (Wildman–Crippen MR) is 136 cm³/mol. The molecule has 2 N–H and O–H groups in total. The summed E-state index contributed by atoms with van der Waals surface area (Å²) < 4.78 is 14.5. The third kappa shape index (κ3) is 5.90. The number of amides is 3. The summed E-state index contributed by atoms with van der Waals surface area (Å²) in [4.78, 5) is 40.3. The molecule has 178 valence electrons. The molecule has 1 aliphatic heterocycles. The van der Waals surface area contributed by atoms with E-state index in [4.69, 9.17) is 12.2 Å². The molecule has 4 rings (SSSR count). The number of benzene rings is 3. The molecule has 1 fully saturated rings. The highest BCUT2D eigenvalue weighted by Gasteiger charge is 2.44. The fourth-order valence-corrected chi connectivity index (χ4v) is 4.18. The lowest BCUT2D eigenvalue weighted by atomic mass is 10.1. The summed E-state index contributed by atoms with van der Waals surface area (Å²) >= 11 is 8.85. The maximum atomic E-state index is 13.6. The fraction of sp³-hybridized carbons (Fsp3) is 0.120. The molecule has 0 aliphatic carbocycles. The SMILES string of the molecule is O=C(CC1C(=O)N(Cc2ccccc2)C(=S)N1NC(=O)c1cccc(F)c1)Nc1ccc(Br)cc1. The van der Waals surface area contributed by atoms with Gasteiger partial charge >= 0.3 is 0 Å². The Hall–Kier alpha value is -3.63. The number of carbonyl (C=O) groups is 3. The molecule has 0 saturated carbocycles. The van der Waals surface area contributed by atoms with Crippen LogP contribution in [0.1, 0.15) is 22.3 Å². The summed E-state index contributed by atoms with van der Waals surface area (Å²) in [5, 5.41) is 4.00. The molecule has 3 amide bonds. The minimum Gasteiger partial charge on any atom is -0.326 e. The van der Waals surface area contributed by atoms with E-state index in [1.54, 1.807) is 24.3 Å². The molecule has 0 radical (unpaired) electrons. The Morgan fingerprint density at radius 2 is 1.71 bits per heavy atom. The molecule has 1 heterocycles. The van der Waals surface area contributed by atoms with E-state index in [0.29, 0.717) is 5.69 Å². The third-order valence-corrected chi connectivity index (χ3v) is 6.24. The summed E-state index contributed by atoms with van der Waals surface area (Å²) in [5.74, 6) is -2.09. The highest BCUT2D eigenvalue weighted by Crippen LogP contribution is 2.23. The number of rotatable bonds is 7. The Bertz CT molecular complexity index is 1270. The third-order valence-electron chi connectivity index (χ3n) is 5.30. The molecule has 3 aromatic carbocycles. The van der Waals surface area contributed by atoms with E-state index in [1.165, 1.54) is 28.1 Å². The molecule has 1 aliphatic rings. The summed E-state index contributed by atoms with van der Waals surface area (Å²) in [6.45, 7) is 0.176. The average molecular weight is 555 g/mol. The molecule has 10 heteroatoms. The van der Waals surface area contributed by atoms with Crippen LogP contribution in [0.2, 0.25) is 0 Å². The van der Waals surface area contributed by atoms with E-state index < -0.39 is 29.6 Å². The second kappa shape index (κ2) is 10.7. The fourth-order valence-electron chi connectivity index (χ4n) is 3.59. The van der Waals surface area contributed by atoms with Crippen LogP contribution in [0, 0.1) is 5.82 Å². The van der Waals surface area contributed by atoms with Crippen molar-refractivity contribution in [2.75, 3.05) is 5.32 Å². The van der Waals surface area contributed by atoms with Gasteiger partial charge in [0.05, 0.1) is 13.0 Å². The van der Waals surface area contributed by atoms with Crippen molar-refractivity contribution in [3.05, 3.63) is 100 Å². The van der Waals surface area contributed by atoms with Gasteiger partial charge in [-0.3, -0.25) is 24.7 Å². The highest BCUT2D eigenvalue weighted by molar-refractivity contribution is 9.10. The van der Waals surface area contributed by atoms with Crippen LogP contribution in [-0.2, 0) is 16.1 Å². The summed E-state index contributed by atoms with van der Waals surface area (Å²) in [6, 6.07) is 20.3. The van der Waals surface area contributed by atoms with Crippen molar-refractivity contribution in [3.8, 4) is 0 Å². The summed E-state index contributed by atoms with van der Waals surface area (Å²) in [5.41, 5.74) is 4.03. The minimum atomic E-state index is -1.07. The van der Waals surface area contributed by atoms with Crippen molar-refractivity contribution < 1.29 is 18.8 Å². The van der Waals surface area contributed by atoms with Crippen molar-refractivity contribution in [2.45, 2.75) is 19.0 Å². The highest BCUT2D eigenvalue weighted by atomic mass is 79.9. The van der Waals surface area contributed by atoms with Crippen LogP contribution in [-0.4, -0.2) is 38.8 Å². The van der Waals surface area contributed by atoms with E-state index in [0.717, 1.165) is 16.1 Å². The van der Waals surface area contributed by atoms with Gasteiger partial charge < -0.3 is 5.32 Å². The molecule has 0 spiro atoms. The number of anilines is 1. The molecule has 0 aromatic heterocycles. The Balaban J connectivity index is 1.56. The van der Waals surface area contributed by atoms with E-state index in [2.05, 4.69) is 26.7 Å². The molecule has 35 heavy (non-hydrogen) atoms. The van der Waals surface area contributed by atoms with Crippen molar-refractivity contribution >= 4 is 56.7 Å². The zero-order valence-corrected chi connectivity index (χ0v) is 20.7. The van der Waals surface area contributed by atoms with Crippen LogP contribution in [0.15, 0.2) is 83.3 Å². The number of thiocarbonyl (C=S) groups is 1. The van der Waals surface area contributed by atoms with Gasteiger partial charge in [-0.05, 0) is 60.2 Å². The zero-order valence-electron chi connectivity index (χ0n) is 18.3. The lowest BCUT2D eigenvalue weighted by molar-refractivity contribution is -0.131. The summed E-state index contributed by atoms with van der Waals surface area (Å²) in [7, 11) is 0. The van der Waals surface area contributed by atoms with Gasteiger partial charge in [-0.1, -0.05) is 52.3 Å². The first-order valence-electron chi connectivity index (χ1n) is 10.6. The first kappa shape index (κ1) is 24.5. The van der Waals surface area contributed by atoms with Crippen LogP contribution < -0.4 is 10.7 Å². The van der Waals surface area contributed by atoms with E-state index in [1.807, 2.05) is 30.3 Å².